The molecule has 0 amide bonds. The third-order valence-corrected chi connectivity index (χ3v) is 3.09. The molecule has 0 radical (unpaired) electrons. The largest absolute Gasteiger partial charge is 0.267 e. The molecule has 2 aromatic rings. The van der Waals surface area contributed by atoms with E-state index in [1.165, 1.54) is 4.57 Å². The first-order valence-electron chi connectivity index (χ1n) is 4.79. The molecule has 3 nitrogen and oxygen atoms in total. The molecule has 90 valence electrons. The molecule has 0 spiro atoms. The molecule has 0 N–H and O–H groups in total. The predicted octanol–water partition coefficient (Wildman–Crippen LogP) is 3.52. The Bertz CT molecular complexity index is 571. The van der Waals surface area contributed by atoms with Gasteiger partial charge in [0.05, 0.1) is 10.2 Å². The van der Waals surface area contributed by atoms with E-state index in [2.05, 4.69) is 26.1 Å². The van der Waals surface area contributed by atoms with E-state index in [1.807, 2.05) is 6.92 Å². The smallest absolute Gasteiger partial charge is 0.229 e. The van der Waals surface area contributed by atoms with Gasteiger partial charge < -0.3 is 0 Å². The predicted molar refractivity (Wildman–Crippen MR) is 63.4 cm³/mol. The molecule has 0 aliphatic rings. The van der Waals surface area contributed by atoms with E-state index in [9.17, 15) is 8.78 Å². The van der Waals surface area contributed by atoms with Crippen molar-refractivity contribution in [3.8, 4) is 5.69 Å². The SMILES string of the molecule is CCc1nnc(Cl)n1-c1cc(F)c(Br)cc1F. The van der Waals surface area contributed by atoms with Gasteiger partial charge in [0.15, 0.2) is 0 Å². The van der Waals surface area contributed by atoms with E-state index in [0.29, 0.717) is 12.2 Å². The summed E-state index contributed by atoms with van der Waals surface area (Å²) in [7, 11) is 0. The molecular formula is C10H7BrClF2N3. The lowest BCUT2D eigenvalue weighted by Gasteiger charge is -2.08. The number of hydrogen-bond acceptors (Lipinski definition) is 2. The van der Waals surface area contributed by atoms with Crippen molar-refractivity contribution in [1.82, 2.24) is 14.8 Å². The zero-order chi connectivity index (χ0) is 12.6. The summed E-state index contributed by atoms with van der Waals surface area (Å²) in [6, 6.07) is 2.09. The lowest BCUT2D eigenvalue weighted by molar-refractivity contribution is 0.585. The van der Waals surface area contributed by atoms with Crippen molar-refractivity contribution in [2.45, 2.75) is 13.3 Å². The van der Waals surface area contributed by atoms with Crippen LogP contribution in [0.2, 0.25) is 5.28 Å². The molecule has 0 aliphatic heterocycles. The van der Waals surface area contributed by atoms with E-state index in [4.69, 9.17) is 11.6 Å². The molecule has 1 aromatic carbocycles. The standard InChI is InChI=1S/C10H7BrClF2N3/c1-2-9-15-16-10(12)17(9)8-4-6(13)5(11)3-7(8)14/h3-4H,2H2,1H3. The summed E-state index contributed by atoms with van der Waals surface area (Å²) in [5.41, 5.74) is -0.00227. The second-order valence-electron chi connectivity index (χ2n) is 3.29. The number of aryl methyl sites for hydroxylation is 1. The average molecular weight is 323 g/mol. The topological polar surface area (TPSA) is 30.7 Å². The number of halogens is 4. The molecule has 0 saturated carbocycles. The Morgan fingerprint density at radius 1 is 1.29 bits per heavy atom. The maximum atomic E-state index is 13.8. The molecule has 0 fully saturated rings. The summed E-state index contributed by atoms with van der Waals surface area (Å²) < 4.78 is 28.5. The first-order chi connectivity index (χ1) is 8.04. The highest BCUT2D eigenvalue weighted by molar-refractivity contribution is 9.10. The Hall–Kier alpha value is -1.01. The third-order valence-electron chi connectivity index (χ3n) is 2.24. The van der Waals surface area contributed by atoms with E-state index in [-0.39, 0.29) is 15.4 Å². The van der Waals surface area contributed by atoms with Crippen molar-refractivity contribution in [3.05, 3.63) is 39.3 Å². The number of benzene rings is 1. The van der Waals surface area contributed by atoms with Crippen LogP contribution in [0.1, 0.15) is 12.7 Å². The number of nitrogens with zero attached hydrogens (tertiary/aromatic N) is 3. The van der Waals surface area contributed by atoms with Gasteiger partial charge in [-0.25, -0.2) is 8.78 Å². The molecule has 0 saturated heterocycles. The lowest BCUT2D eigenvalue weighted by Crippen LogP contribution is -2.04. The summed E-state index contributed by atoms with van der Waals surface area (Å²) in [5.74, 6) is -0.710. The number of aromatic nitrogens is 3. The van der Waals surface area contributed by atoms with Crippen LogP contribution in [0, 0.1) is 11.6 Å². The maximum Gasteiger partial charge on any atom is 0.229 e. The Kier molecular flexibility index (Phi) is 3.44. The molecule has 1 heterocycles. The van der Waals surface area contributed by atoms with Crippen molar-refractivity contribution in [2.75, 3.05) is 0 Å². The van der Waals surface area contributed by atoms with Crippen LogP contribution >= 0.6 is 27.5 Å². The molecule has 1 aromatic heterocycles. The maximum absolute atomic E-state index is 13.8. The summed E-state index contributed by atoms with van der Waals surface area (Å²) in [5, 5.41) is 7.42. The minimum Gasteiger partial charge on any atom is -0.267 e. The van der Waals surface area contributed by atoms with Crippen LogP contribution in [0.5, 0.6) is 0 Å². The summed E-state index contributed by atoms with van der Waals surface area (Å²) in [6.45, 7) is 1.82. The molecule has 0 aliphatic carbocycles. The molecular weight excluding hydrogens is 315 g/mol. The molecule has 0 atom stereocenters. The van der Waals surface area contributed by atoms with Gasteiger partial charge in [0.1, 0.15) is 17.5 Å². The minimum atomic E-state index is -0.602. The van der Waals surface area contributed by atoms with Gasteiger partial charge in [0, 0.05) is 12.5 Å². The zero-order valence-electron chi connectivity index (χ0n) is 8.72. The Balaban J connectivity index is 2.68. The number of rotatable bonds is 2. The van der Waals surface area contributed by atoms with Gasteiger partial charge in [-0.15, -0.1) is 10.2 Å². The van der Waals surface area contributed by atoms with Crippen molar-refractivity contribution in [2.24, 2.45) is 0 Å². The van der Waals surface area contributed by atoms with Crippen molar-refractivity contribution in [1.29, 1.82) is 0 Å². The van der Waals surface area contributed by atoms with E-state index in [1.54, 1.807) is 0 Å². The third kappa shape index (κ3) is 2.19. The Labute approximate surface area is 110 Å². The van der Waals surface area contributed by atoms with Crippen LogP contribution in [0.25, 0.3) is 5.69 Å². The molecule has 0 unspecified atom stereocenters. The van der Waals surface area contributed by atoms with Crippen LogP contribution in [0.4, 0.5) is 8.78 Å². The second-order valence-corrected chi connectivity index (χ2v) is 4.48. The Morgan fingerprint density at radius 2 is 2.00 bits per heavy atom. The highest BCUT2D eigenvalue weighted by atomic mass is 79.9. The summed E-state index contributed by atoms with van der Waals surface area (Å²) >= 11 is 8.72. The number of hydrogen-bond donors (Lipinski definition) is 0. The normalized spacial score (nSPS) is 10.9. The van der Waals surface area contributed by atoms with Gasteiger partial charge in [0.25, 0.3) is 0 Å². The van der Waals surface area contributed by atoms with Gasteiger partial charge in [-0.1, -0.05) is 6.92 Å². The fraction of sp³-hybridized carbons (Fsp3) is 0.200. The van der Waals surface area contributed by atoms with E-state index >= 15 is 0 Å². The summed E-state index contributed by atoms with van der Waals surface area (Å²) in [6.07, 6.45) is 0.511. The molecule has 7 heteroatoms. The first-order valence-corrected chi connectivity index (χ1v) is 5.96. The highest BCUT2D eigenvalue weighted by Gasteiger charge is 2.16. The van der Waals surface area contributed by atoms with Crippen LogP contribution in [0.3, 0.4) is 0 Å². The van der Waals surface area contributed by atoms with Crippen molar-refractivity contribution in [3.63, 3.8) is 0 Å². The minimum absolute atomic E-state index is 0.00227. The summed E-state index contributed by atoms with van der Waals surface area (Å²) in [4.78, 5) is 0. The van der Waals surface area contributed by atoms with E-state index in [0.717, 1.165) is 12.1 Å². The van der Waals surface area contributed by atoms with Crippen LogP contribution in [-0.4, -0.2) is 14.8 Å². The fourth-order valence-corrected chi connectivity index (χ4v) is 1.99. The van der Waals surface area contributed by atoms with Gasteiger partial charge >= 0.3 is 0 Å². The lowest BCUT2D eigenvalue weighted by atomic mass is 10.3. The van der Waals surface area contributed by atoms with Crippen molar-refractivity contribution >= 4 is 27.5 Å². The first kappa shape index (κ1) is 12.4. The molecule has 17 heavy (non-hydrogen) atoms. The van der Waals surface area contributed by atoms with E-state index < -0.39 is 11.6 Å². The zero-order valence-corrected chi connectivity index (χ0v) is 11.1. The van der Waals surface area contributed by atoms with Gasteiger partial charge in [-0.2, -0.15) is 0 Å². The quantitative estimate of drug-likeness (QED) is 0.792. The highest BCUT2D eigenvalue weighted by Crippen LogP contribution is 2.25. The van der Waals surface area contributed by atoms with Crippen LogP contribution in [0.15, 0.2) is 16.6 Å². The van der Waals surface area contributed by atoms with Crippen LogP contribution < -0.4 is 0 Å². The van der Waals surface area contributed by atoms with Gasteiger partial charge in [-0.05, 0) is 33.6 Å². The monoisotopic (exact) mass is 321 g/mol. The second kappa shape index (κ2) is 4.70. The van der Waals surface area contributed by atoms with Crippen LogP contribution in [-0.2, 0) is 6.42 Å². The van der Waals surface area contributed by atoms with Gasteiger partial charge in [-0.3, -0.25) is 4.57 Å². The van der Waals surface area contributed by atoms with Crippen molar-refractivity contribution < 1.29 is 8.78 Å². The molecule has 2 rings (SSSR count). The molecule has 0 bridgehead atoms. The Morgan fingerprint density at radius 3 is 2.65 bits per heavy atom. The fourth-order valence-electron chi connectivity index (χ4n) is 1.45. The average Bonchev–Trinajstić information content (AvgIpc) is 2.65. The van der Waals surface area contributed by atoms with Gasteiger partial charge in [0.2, 0.25) is 5.28 Å².